The number of hydrogen-bond acceptors (Lipinski definition) is 4. The van der Waals surface area contributed by atoms with Gasteiger partial charge >= 0.3 is 0 Å². The second-order valence-electron chi connectivity index (χ2n) is 7.03. The third-order valence-electron chi connectivity index (χ3n) is 4.88. The average Bonchev–Trinajstić information content (AvgIpc) is 3.16. The van der Waals surface area contributed by atoms with E-state index in [1.807, 2.05) is 37.2 Å². The summed E-state index contributed by atoms with van der Waals surface area (Å²) in [5.74, 6) is 1.74. The number of ether oxygens (including phenoxy) is 1. The Balaban J connectivity index is 0.00000320. The lowest BCUT2D eigenvalue weighted by molar-refractivity contribution is -0.120. The van der Waals surface area contributed by atoms with E-state index in [1.54, 1.807) is 22.9 Å². The lowest BCUT2D eigenvalue weighted by Crippen LogP contribution is -2.55. The fourth-order valence-corrected chi connectivity index (χ4v) is 3.40. The Morgan fingerprint density at radius 3 is 2.83 bits per heavy atom. The van der Waals surface area contributed by atoms with Gasteiger partial charge in [0.05, 0.1) is 19.0 Å². The molecule has 1 aromatic carbocycles. The summed E-state index contributed by atoms with van der Waals surface area (Å²) in [4.78, 5) is 21.2. The first kappa shape index (κ1) is 24.0. The second-order valence-corrected chi connectivity index (χ2v) is 7.03. The summed E-state index contributed by atoms with van der Waals surface area (Å²) in [7, 11) is 3.53. The molecule has 0 saturated carbocycles. The Bertz CT molecular complexity index is 854. The van der Waals surface area contributed by atoms with E-state index >= 15 is 0 Å². The number of halogens is 1. The Labute approximate surface area is 195 Å². The SMILES string of the molecule is CCNC(=NCCCc1cccc(OC)c1)N1CCN(c2cnn(C)c2)C(=O)C1.I. The van der Waals surface area contributed by atoms with E-state index in [0.717, 1.165) is 43.3 Å². The van der Waals surface area contributed by atoms with Crippen molar-refractivity contribution in [2.75, 3.05) is 44.7 Å². The van der Waals surface area contributed by atoms with Gasteiger partial charge in [-0.1, -0.05) is 12.1 Å². The summed E-state index contributed by atoms with van der Waals surface area (Å²) in [6.07, 6.45) is 5.47. The first-order valence-electron chi connectivity index (χ1n) is 10.1. The molecule has 0 unspecified atom stereocenters. The summed E-state index contributed by atoms with van der Waals surface area (Å²) < 4.78 is 6.99. The summed E-state index contributed by atoms with van der Waals surface area (Å²) in [5, 5.41) is 7.48. The van der Waals surface area contributed by atoms with Crippen LogP contribution in [0.4, 0.5) is 5.69 Å². The highest BCUT2D eigenvalue weighted by Crippen LogP contribution is 2.16. The predicted octanol–water partition coefficient (Wildman–Crippen LogP) is 2.29. The van der Waals surface area contributed by atoms with Crippen LogP contribution in [0.1, 0.15) is 18.9 Å². The van der Waals surface area contributed by atoms with E-state index in [2.05, 4.69) is 22.5 Å². The third-order valence-corrected chi connectivity index (χ3v) is 4.88. The summed E-state index contributed by atoms with van der Waals surface area (Å²) in [5.41, 5.74) is 2.09. The van der Waals surface area contributed by atoms with Crippen LogP contribution in [-0.4, -0.2) is 66.4 Å². The van der Waals surface area contributed by atoms with Gasteiger partial charge in [-0.25, -0.2) is 0 Å². The van der Waals surface area contributed by atoms with E-state index < -0.39 is 0 Å². The molecule has 30 heavy (non-hydrogen) atoms. The van der Waals surface area contributed by atoms with Crippen molar-refractivity contribution in [2.45, 2.75) is 19.8 Å². The van der Waals surface area contributed by atoms with Gasteiger partial charge in [0.2, 0.25) is 5.91 Å². The zero-order chi connectivity index (χ0) is 20.6. The van der Waals surface area contributed by atoms with Crippen LogP contribution in [0.3, 0.4) is 0 Å². The molecule has 164 valence electrons. The van der Waals surface area contributed by atoms with Crippen LogP contribution in [-0.2, 0) is 18.3 Å². The first-order chi connectivity index (χ1) is 14.1. The maximum Gasteiger partial charge on any atom is 0.246 e. The van der Waals surface area contributed by atoms with Crippen molar-refractivity contribution in [3.8, 4) is 5.75 Å². The largest absolute Gasteiger partial charge is 0.497 e. The molecule has 2 aromatic rings. The number of aryl methyl sites for hydroxylation is 2. The van der Waals surface area contributed by atoms with E-state index in [1.165, 1.54) is 5.56 Å². The van der Waals surface area contributed by atoms with Crippen LogP contribution in [0, 0.1) is 0 Å². The first-order valence-corrected chi connectivity index (χ1v) is 10.1. The molecule has 1 aliphatic rings. The van der Waals surface area contributed by atoms with Crippen molar-refractivity contribution in [2.24, 2.45) is 12.0 Å². The third kappa shape index (κ3) is 6.35. The molecule has 0 radical (unpaired) electrons. The molecule has 0 spiro atoms. The number of aromatic nitrogens is 2. The molecule has 0 bridgehead atoms. The maximum absolute atomic E-state index is 12.7. The molecule has 3 rings (SSSR count). The number of benzene rings is 1. The quantitative estimate of drug-likeness (QED) is 0.260. The Kier molecular flexibility index (Phi) is 9.41. The summed E-state index contributed by atoms with van der Waals surface area (Å²) >= 11 is 0. The van der Waals surface area contributed by atoms with Crippen LogP contribution in [0.15, 0.2) is 41.7 Å². The minimum atomic E-state index is 0. The van der Waals surface area contributed by atoms with Crippen LogP contribution in [0.2, 0.25) is 0 Å². The van der Waals surface area contributed by atoms with E-state index in [4.69, 9.17) is 9.73 Å². The fourth-order valence-electron chi connectivity index (χ4n) is 3.40. The van der Waals surface area contributed by atoms with Crippen LogP contribution in [0.5, 0.6) is 5.75 Å². The maximum atomic E-state index is 12.7. The molecule has 1 saturated heterocycles. The van der Waals surface area contributed by atoms with Gasteiger partial charge in [0.15, 0.2) is 5.96 Å². The molecule has 0 atom stereocenters. The molecular formula is C21H31IN6O2. The molecule has 9 heteroatoms. The summed E-state index contributed by atoms with van der Waals surface area (Å²) in [6.45, 7) is 5.19. The van der Waals surface area contributed by atoms with Crippen molar-refractivity contribution in [1.29, 1.82) is 0 Å². The molecule has 1 aromatic heterocycles. The average molecular weight is 526 g/mol. The number of methoxy groups -OCH3 is 1. The molecule has 1 fully saturated rings. The predicted molar refractivity (Wildman–Crippen MR) is 130 cm³/mol. The van der Waals surface area contributed by atoms with Crippen LogP contribution < -0.4 is 15.0 Å². The molecule has 2 heterocycles. The number of piperazine rings is 1. The van der Waals surface area contributed by atoms with Crippen LogP contribution in [0.25, 0.3) is 0 Å². The number of nitrogens with one attached hydrogen (secondary N) is 1. The number of nitrogens with zero attached hydrogens (tertiary/aromatic N) is 5. The molecular weight excluding hydrogens is 495 g/mol. The van der Waals surface area contributed by atoms with Crippen molar-refractivity contribution in [3.05, 3.63) is 42.2 Å². The number of amides is 1. The van der Waals surface area contributed by atoms with E-state index in [0.29, 0.717) is 19.6 Å². The van der Waals surface area contributed by atoms with Gasteiger partial charge in [0.25, 0.3) is 0 Å². The zero-order valence-electron chi connectivity index (χ0n) is 17.9. The van der Waals surface area contributed by atoms with Crippen molar-refractivity contribution < 1.29 is 9.53 Å². The smallest absolute Gasteiger partial charge is 0.246 e. The van der Waals surface area contributed by atoms with Gasteiger partial charge in [-0.3, -0.25) is 14.5 Å². The van der Waals surface area contributed by atoms with Gasteiger partial charge < -0.3 is 19.9 Å². The molecule has 1 amide bonds. The standard InChI is InChI=1S/C21H30N6O2.HI/c1-4-22-21(23-10-6-8-17-7-5-9-19(13-17)29-3)26-11-12-27(20(28)16-26)18-14-24-25(2)15-18;/h5,7,9,13-15H,4,6,8,10-12,16H2,1-3H3,(H,22,23);1H. The number of carbonyl (C=O) groups excluding carboxylic acids is 1. The number of guanidine groups is 1. The van der Waals surface area contributed by atoms with E-state index in [9.17, 15) is 4.79 Å². The highest BCUT2D eigenvalue weighted by atomic mass is 127. The molecule has 0 aliphatic carbocycles. The Morgan fingerprint density at radius 1 is 1.33 bits per heavy atom. The van der Waals surface area contributed by atoms with Crippen molar-refractivity contribution >= 4 is 41.5 Å². The summed E-state index contributed by atoms with van der Waals surface area (Å²) in [6, 6.07) is 8.13. The number of anilines is 1. The van der Waals surface area contributed by atoms with E-state index in [-0.39, 0.29) is 29.9 Å². The number of rotatable bonds is 7. The minimum Gasteiger partial charge on any atom is -0.497 e. The molecule has 1 aliphatic heterocycles. The number of hydrogen-bond donors (Lipinski definition) is 1. The lowest BCUT2D eigenvalue weighted by Gasteiger charge is -2.35. The Morgan fingerprint density at radius 2 is 2.17 bits per heavy atom. The highest BCUT2D eigenvalue weighted by Gasteiger charge is 2.27. The second kappa shape index (κ2) is 11.8. The monoisotopic (exact) mass is 526 g/mol. The molecule has 8 nitrogen and oxygen atoms in total. The number of carbonyl (C=O) groups is 1. The van der Waals surface area contributed by atoms with Gasteiger partial charge in [-0.2, -0.15) is 5.10 Å². The van der Waals surface area contributed by atoms with Gasteiger partial charge in [0.1, 0.15) is 12.3 Å². The zero-order valence-corrected chi connectivity index (χ0v) is 20.2. The fraction of sp³-hybridized carbons (Fsp3) is 0.476. The topological polar surface area (TPSA) is 75.0 Å². The lowest BCUT2D eigenvalue weighted by atomic mass is 10.1. The van der Waals surface area contributed by atoms with Gasteiger partial charge in [0, 0.05) is 39.4 Å². The Hall–Kier alpha value is -2.30. The highest BCUT2D eigenvalue weighted by molar-refractivity contribution is 14.0. The van der Waals surface area contributed by atoms with Crippen molar-refractivity contribution in [1.82, 2.24) is 20.0 Å². The van der Waals surface area contributed by atoms with Crippen LogP contribution >= 0.6 is 24.0 Å². The van der Waals surface area contributed by atoms with Gasteiger partial charge in [-0.05, 0) is 37.5 Å². The minimum absolute atomic E-state index is 0. The molecule has 1 N–H and O–H groups in total. The number of aliphatic imine (C=N–C) groups is 1. The normalized spacial score (nSPS) is 14.5. The van der Waals surface area contributed by atoms with Gasteiger partial charge in [-0.15, -0.1) is 24.0 Å². The van der Waals surface area contributed by atoms with Crippen molar-refractivity contribution in [3.63, 3.8) is 0 Å².